The number of hydrogen-bond acceptors (Lipinski definition) is 3. The van der Waals surface area contributed by atoms with Crippen molar-refractivity contribution in [1.29, 1.82) is 0 Å². The van der Waals surface area contributed by atoms with Crippen molar-refractivity contribution < 1.29 is 4.79 Å². The van der Waals surface area contributed by atoms with Crippen LogP contribution in [0.5, 0.6) is 0 Å². The monoisotopic (exact) mass is 382 g/mol. The highest BCUT2D eigenvalue weighted by Crippen LogP contribution is 2.29. The molecule has 5 nitrogen and oxygen atoms in total. The van der Waals surface area contributed by atoms with E-state index in [1.54, 1.807) is 0 Å². The molecule has 1 aromatic heterocycles. The maximum absolute atomic E-state index is 12.9. The average Bonchev–Trinajstić information content (AvgIpc) is 3.05. The molecular formula is C23H34N4O. The first-order valence-electron chi connectivity index (χ1n) is 10.9. The Hall–Kier alpha value is -1.88. The van der Waals surface area contributed by atoms with E-state index in [0.29, 0.717) is 30.5 Å². The molecule has 2 fully saturated rings. The van der Waals surface area contributed by atoms with E-state index in [0.717, 1.165) is 55.6 Å². The fourth-order valence-corrected chi connectivity index (χ4v) is 5.03. The zero-order valence-electron chi connectivity index (χ0n) is 17.8. The van der Waals surface area contributed by atoms with Crippen molar-refractivity contribution in [2.24, 2.45) is 0 Å². The molecule has 3 heterocycles. The Labute approximate surface area is 168 Å². The summed E-state index contributed by atoms with van der Waals surface area (Å²) in [6, 6.07) is 5.16. The molecule has 2 atom stereocenters. The third-order valence-corrected chi connectivity index (χ3v) is 6.93. The number of nitrogens with zero attached hydrogens (tertiary/aromatic N) is 3. The molecule has 2 unspecified atom stereocenters. The van der Waals surface area contributed by atoms with E-state index in [9.17, 15) is 4.79 Å². The summed E-state index contributed by atoms with van der Waals surface area (Å²) in [5, 5.41) is 0. The number of piperidine rings is 2. The van der Waals surface area contributed by atoms with Crippen molar-refractivity contribution >= 4 is 16.9 Å². The van der Waals surface area contributed by atoms with Gasteiger partial charge in [0.25, 0.3) is 0 Å². The van der Waals surface area contributed by atoms with Crippen LogP contribution in [0.2, 0.25) is 0 Å². The number of amides is 1. The van der Waals surface area contributed by atoms with Crippen LogP contribution in [0.4, 0.5) is 0 Å². The predicted octanol–water partition coefficient (Wildman–Crippen LogP) is 4.15. The molecule has 1 amide bonds. The van der Waals surface area contributed by atoms with E-state index in [1.165, 1.54) is 17.5 Å². The summed E-state index contributed by atoms with van der Waals surface area (Å²) >= 11 is 0. The summed E-state index contributed by atoms with van der Waals surface area (Å²) in [4.78, 5) is 25.8. The molecule has 2 saturated heterocycles. The number of nitrogens with one attached hydrogen (secondary N) is 1. The van der Waals surface area contributed by atoms with E-state index in [-0.39, 0.29) is 0 Å². The number of rotatable bonds is 3. The van der Waals surface area contributed by atoms with E-state index in [1.807, 2.05) is 0 Å². The number of hydrogen-bond donors (Lipinski definition) is 1. The van der Waals surface area contributed by atoms with Crippen molar-refractivity contribution in [3.05, 3.63) is 29.1 Å². The van der Waals surface area contributed by atoms with Crippen LogP contribution >= 0.6 is 0 Å². The number of imidazole rings is 1. The zero-order valence-corrected chi connectivity index (χ0v) is 17.8. The maximum Gasteiger partial charge on any atom is 0.237 e. The molecule has 0 radical (unpaired) electrons. The van der Waals surface area contributed by atoms with Gasteiger partial charge in [0.05, 0.1) is 17.6 Å². The lowest BCUT2D eigenvalue weighted by Gasteiger charge is -2.41. The Balaban J connectivity index is 1.36. The second-order valence-electron chi connectivity index (χ2n) is 9.06. The molecule has 2 aromatic rings. The molecule has 152 valence electrons. The molecule has 0 aliphatic carbocycles. The van der Waals surface area contributed by atoms with Crippen molar-refractivity contribution in [2.75, 3.05) is 19.6 Å². The Bertz CT molecular complexity index is 801. The highest BCUT2D eigenvalue weighted by atomic mass is 16.2. The summed E-state index contributed by atoms with van der Waals surface area (Å²) in [6.07, 6.45) is 5.66. The number of H-pyrrole nitrogens is 1. The third kappa shape index (κ3) is 3.82. The van der Waals surface area contributed by atoms with E-state index < -0.39 is 0 Å². The summed E-state index contributed by atoms with van der Waals surface area (Å²) in [5.74, 6) is 1.89. The average molecular weight is 383 g/mol. The highest BCUT2D eigenvalue weighted by Gasteiger charge is 2.31. The van der Waals surface area contributed by atoms with Gasteiger partial charge < -0.3 is 9.88 Å². The van der Waals surface area contributed by atoms with Gasteiger partial charge in [0.1, 0.15) is 5.82 Å². The van der Waals surface area contributed by atoms with Crippen LogP contribution in [0.25, 0.3) is 11.0 Å². The van der Waals surface area contributed by atoms with Crippen LogP contribution in [0.15, 0.2) is 12.1 Å². The quantitative estimate of drug-likeness (QED) is 0.868. The first-order valence-corrected chi connectivity index (χ1v) is 10.9. The predicted molar refractivity (Wildman–Crippen MR) is 114 cm³/mol. The van der Waals surface area contributed by atoms with Gasteiger partial charge in [-0.2, -0.15) is 0 Å². The van der Waals surface area contributed by atoms with Gasteiger partial charge in [0.2, 0.25) is 5.91 Å². The molecule has 1 N–H and O–H groups in total. The lowest BCUT2D eigenvalue weighted by molar-refractivity contribution is -0.138. The third-order valence-electron chi connectivity index (χ3n) is 6.93. The summed E-state index contributed by atoms with van der Waals surface area (Å²) in [7, 11) is 0. The molecular weight excluding hydrogens is 348 g/mol. The fraction of sp³-hybridized carbons (Fsp3) is 0.652. The van der Waals surface area contributed by atoms with Gasteiger partial charge in [0, 0.05) is 18.0 Å². The second kappa shape index (κ2) is 7.86. The van der Waals surface area contributed by atoms with E-state index >= 15 is 0 Å². The number of benzene rings is 1. The van der Waals surface area contributed by atoms with Crippen molar-refractivity contribution in [3.63, 3.8) is 0 Å². The number of aryl methyl sites for hydroxylation is 2. The molecule has 28 heavy (non-hydrogen) atoms. The van der Waals surface area contributed by atoms with E-state index in [4.69, 9.17) is 4.98 Å². The Morgan fingerprint density at radius 3 is 2.39 bits per heavy atom. The minimum Gasteiger partial charge on any atom is -0.342 e. The zero-order chi connectivity index (χ0) is 19.8. The Morgan fingerprint density at radius 1 is 1.07 bits per heavy atom. The van der Waals surface area contributed by atoms with Crippen molar-refractivity contribution in [1.82, 2.24) is 19.8 Å². The minimum absolute atomic E-state index is 0.313. The maximum atomic E-state index is 12.9. The number of aromatic nitrogens is 2. The van der Waals surface area contributed by atoms with Crippen LogP contribution < -0.4 is 0 Å². The SMILES string of the molecule is Cc1cc2nc(C3CCN(CC(=O)N4C(C)CCCC4C)CC3)[nH]c2cc1C. The first-order chi connectivity index (χ1) is 13.4. The molecule has 2 aliphatic heterocycles. The van der Waals surface area contributed by atoms with Gasteiger partial charge in [0.15, 0.2) is 0 Å². The molecule has 5 heteroatoms. The number of aromatic amines is 1. The Kier molecular flexibility index (Phi) is 5.46. The van der Waals surface area contributed by atoms with Crippen LogP contribution in [0.1, 0.15) is 68.8 Å². The largest absolute Gasteiger partial charge is 0.342 e. The van der Waals surface area contributed by atoms with Gasteiger partial charge >= 0.3 is 0 Å². The number of carbonyl (C=O) groups excluding carboxylic acids is 1. The molecule has 4 rings (SSSR count). The Morgan fingerprint density at radius 2 is 1.71 bits per heavy atom. The van der Waals surface area contributed by atoms with Gasteiger partial charge in [-0.15, -0.1) is 0 Å². The van der Waals surface area contributed by atoms with Crippen molar-refractivity contribution in [3.8, 4) is 0 Å². The standard InChI is InChI=1S/C23H34N4O/c1-15-12-20-21(13-16(15)2)25-23(24-20)19-8-10-26(11-9-19)14-22(28)27-17(3)6-5-7-18(27)4/h12-13,17-19H,5-11,14H2,1-4H3,(H,24,25). The topological polar surface area (TPSA) is 52.2 Å². The molecule has 0 saturated carbocycles. The lowest BCUT2D eigenvalue weighted by atomic mass is 9.95. The van der Waals surface area contributed by atoms with Crippen LogP contribution in [-0.2, 0) is 4.79 Å². The van der Waals surface area contributed by atoms with Gasteiger partial charge in [-0.05, 0) is 96.1 Å². The minimum atomic E-state index is 0.313. The number of fused-ring (bicyclic) bond motifs is 1. The smallest absolute Gasteiger partial charge is 0.237 e. The normalized spacial score (nSPS) is 24.8. The number of carbonyl (C=O) groups is 1. The van der Waals surface area contributed by atoms with Crippen molar-refractivity contribution in [2.45, 2.75) is 77.8 Å². The lowest BCUT2D eigenvalue weighted by Crippen LogP contribution is -2.51. The number of likely N-dealkylation sites (tertiary alicyclic amines) is 2. The summed E-state index contributed by atoms with van der Waals surface area (Å²) in [6.45, 7) is 11.2. The van der Waals surface area contributed by atoms with Gasteiger partial charge in [-0.25, -0.2) is 4.98 Å². The second-order valence-corrected chi connectivity index (χ2v) is 9.06. The fourth-order valence-electron chi connectivity index (χ4n) is 5.03. The summed E-state index contributed by atoms with van der Waals surface area (Å²) < 4.78 is 0. The molecule has 2 aliphatic rings. The van der Waals surface area contributed by atoms with Gasteiger partial charge in [-0.3, -0.25) is 9.69 Å². The van der Waals surface area contributed by atoms with Gasteiger partial charge in [-0.1, -0.05) is 0 Å². The molecule has 0 spiro atoms. The summed E-state index contributed by atoms with van der Waals surface area (Å²) in [5.41, 5.74) is 4.81. The molecule has 0 bridgehead atoms. The molecule has 1 aromatic carbocycles. The van der Waals surface area contributed by atoms with E-state index in [2.05, 4.69) is 54.6 Å². The van der Waals surface area contributed by atoms with Crippen LogP contribution in [0, 0.1) is 13.8 Å². The first kappa shape index (κ1) is 19.4. The van der Waals surface area contributed by atoms with Crippen LogP contribution in [-0.4, -0.2) is 57.4 Å². The highest BCUT2D eigenvalue weighted by molar-refractivity contribution is 5.79. The van der Waals surface area contributed by atoms with Crippen LogP contribution in [0.3, 0.4) is 0 Å².